The number of benzene rings is 2. The quantitative estimate of drug-likeness (QED) is 0.933. The van der Waals surface area contributed by atoms with Gasteiger partial charge in [-0.25, -0.2) is 0 Å². The van der Waals surface area contributed by atoms with Gasteiger partial charge in [-0.3, -0.25) is 0 Å². The van der Waals surface area contributed by atoms with Crippen LogP contribution in [0.25, 0.3) is 0 Å². The molecule has 94 valence electrons. The van der Waals surface area contributed by atoms with E-state index in [4.69, 9.17) is 4.74 Å². The Kier molecular flexibility index (Phi) is 4.04. The Balaban J connectivity index is 2.44. The summed E-state index contributed by atoms with van der Waals surface area (Å²) in [6.07, 6.45) is -0.683. The van der Waals surface area contributed by atoms with Gasteiger partial charge in [0.15, 0.2) is 0 Å². The van der Waals surface area contributed by atoms with Gasteiger partial charge in [-0.05, 0) is 36.8 Å². The van der Waals surface area contributed by atoms with E-state index in [0.717, 1.165) is 21.2 Å². The van der Waals surface area contributed by atoms with Crippen molar-refractivity contribution in [3.05, 3.63) is 63.6 Å². The Bertz CT molecular complexity index is 552. The molecule has 0 aromatic heterocycles. The molecule has 0 heterocycles. The summed E-state index contributed by atoms with van der Waals surface area (Å²) < 4.78 is 6.25. The molecule has 0 amide bonds. The Hall–Kier alpha value is -1.32. The third-order valence-corrected chi connectivity index (χ3v) is 3.34. The average Bonchev–Trinajstić information content (AvgIpc) is 2.38. The standard InChI is InChI=1S/C15H15BrO2/c1-10-6-7-14(18-2)13(8-10)15(17)11-4-3-5-12(16)9-11/h3-9,15,17H,1-2H3/t15-/m1/s1. The smallest absolute Gasteiger partial charge is 0.125 e. The first-order valence-electron chi connectivity index (χ1n) is 5.70. The van der Waals surface area contributed by atoms with Crippen LogP contribution in [0.4, 0.5) is 0 Å². The summed E-state index contributed by atoms with van der Waals surface area (Å²) in [6, 6.07) is 13.4. The van der Waals surface area contributed by atoms with Crippen LogP contribution in [0.5, 0.6) is 5.75 Å². The van der Waals surface area contributed by atoms with Crippen LogP contribution in [-0.4, -0.2) is 12.2 Å². The Morgan fingerprint density at radius 1 is 1.17 bits per heavy atom. The first-order chi connectivity index (χ1) is 8.61. The largest absolute Gasteiger partial charge is 0.496 e. The number of methoxy groups -OCH3 is 1. The van der Waals surface area contributed by atoms with Crippen molar-refractivity contribution in [1.29, 1.82) is 0 Å². The van der Waals surface area contributed by atoms with E-state index in [-0.39, 0.29) is 0 Å². The number of aliphatic hydroxyl groups excluding tert-OH is 1. The summed E-state index contributed by atoms with van der Waals surface area (Å²) in [4.78, 5) is 0. The van der Waals surface area contributed by atoms with Crippen LogP contribution in [0.1, 0.15) is 22.8 Å². The summed E-state index contributed by atoms with van der Waals surface area (Å²) in [5.74, 6) is 0.702. The second kappa shape index (κ2) is 5.55. The molecule has 2 rings (SSSR count). The fraction of sp³-hybridized carbons (Fsp3) is 0.200. The molecule has 0 spiro atoms. The predicted molar refractivity (Wildman–Crippen MR) is 75.9 cm³/mol. The van der Waals surface area contributed by atoms with Gasteiger partial charge in [0, 0.05) is 10.0 Å². The van der Waals surface area contributed by atoms with Crippen molar-refractivity contribution < 1.29 is 9.84 Å². The van der Waals surface area contributed by atoms with E-state index in [1.54, 1.807) is 7.11 Å². The van der Waals surface area contributed by atoms with Gasteiger partial charge in [-0.1, -0.05) is 39.7 Å². The van der Waals surface area contributed by atoms with Crippen LogP contribution >= 0.6 is 15.9 Å². The highest BCUT2D eigenvalue weighted by atomic mass is 79.9. The molecule has 0 saturated carbocycles. The fourth-order valence-corrected chi connectivity index (χ4v) is 2.34. The van der Waals surface area contributed by atoms with Crippen molar-refractivity contribution in [3.8, 4) is 5.75 Å². The van der Waals surface area contributed by atoms with Crippen LogP contribution in [0.3, 0.4) is 0 Å². The number of rotatable bonds is 3. The Labute approximate surface area is 115 Å². The van der Waals surface area contributed by atoms with Gasteiger partial charge in [0.25, 0.3) is 0 Å². The second-order valence-corrected chi connectivity index (χ2v) is 5.12. The lowest BCUT2D eigenvalue weighted by atomic mass is 9.99. The number of hydrogen-bond donors (Lipinski definition) is 1. The van der Waals surface area contributed by atoms with Crippen LogP contribution in [0, 0.1) is 6.92 Å². The molecule has 1 N–H and O–H groups in total. The predicted octanol–water partition coefficient (Wildman–Crippen LogP) is 3.85. The van der Waals surface area contributed by atoms with Gasteiger partial charge in [0.2, 0.25) is 0 Å². The minimum atomic E-state index is -0.683. The van der Waals surface area contributed by atoms with Crippen LogP contribution in [0.2, 0.25) is 0 Å². The van der Waals surface area contributed by atoms with Crippen molar-refractivity contribution in [2.75, 3.05) is 7.11 Å². The molecule has 0 fully saturated rings. The summed E-state index contributed by atoms with van der Waals surface area (Å²) in [7, 11) is 1.61. The Morgan fingerprint density at radius 2 is 1.94 bits per heavy atom. The molecule has 18 heavy (non-hydrogen) atoms. The van der Waals surface area contributed by atoms with E-state index in [0.29, 0.717) is 5.75 Å². The number of ether oxygens (including phenoxy) is 1. The summed E-state index contributed by atoms with van der Waals surface area (Å²) in [6.45, 7) is 2.00. The molecule has 0 aliphatic rings. The highest BCUT2D eigenvalue weighted by Crippen LogP contribution is 2.31. The van der Waals surface area contributed by atoms with E-state index in [1.165, 1.54) is 0 Å². The summed E-state index contributed by atoms with van der Waals surface area (Å²) >= 11 is 3.41. The van der Waals surface area contributed by atoms with Gasteiger partial charge >= 0.3 is 0 Å². The zero-order valence-electron chi connectivity index (χ0n) is 10.4. The number of aliphatic hydroxyl groups is 1. The third-order valence-electron chi connectivity index (χ3n) is 2.84. The van der Waals surface area contributed by atoms with E-state index < -0.39 is 6.10 Å². The lowest BCUT2D eigenvalue weighted by molar-refractivity contribution is 0.214. The van der Waals surface area contributed by atoms with Crippen LogP contribution in [0.15, 0.2) is 46.9 Å². The normalized spacial score (nSPS) is 12.2. The third kappa shape index (κ3) is 2.74. The van der Waals surface area contributed by atoms with E-state index in [2.05, 4.69) is 15.9 Å². The SMILES string of the molecule is COc1ccc(C)cc1[C@H](O)c1cccc(Br)c1. The lowest BCUT2D eigenvalue weighted by Gasteiger charge is -2.16. The lowest BCUT2D eigenvalue weighted by Crippen LogP contribution is -2.02. The molecule has 2 nitrogen and oxygen atoms in total. The molecular weight excluding hydrogens is 292 g/mol. The zero-order valence-corrected chi connectivity index (χ0v) is 11.9. The van der Waals surface area contributed by atoms with Gasteiger partial charge in [-0.2, -0.15) is 0 Å². The zero-order chi connectivity index (χ0) is 13.1. The van der Waals surface area contributed by atoms with Gasteiger partial charge in [0.1, 0.15) is 11.9 Å². The van der Waals surface area contributed by atoms with Crippen LogP contribution in [-0.2, 0) is 0 Å². The molecule has 0 bridgehead atoms. The minimum absolute atomic E-state index is 0.683. The summed E-state index contributed by atoms with van der Waals surface area (Å²) in [5.41, 5.74) is 2.73. The van der Waals surface area contributed by atoms with Crippen molar-refractivity contribution in [2.24, 2.45) is 0 Å². The van der Waals surface area contributed by atoms with Gasteiger partial charge in [-0.15, -0.1) is 0 Å². The van der Waals surface area contributed by atoms with Crippen molar-refractivity contribution in [2.45, 2.75) is 13.0 Å². The summed E-state index contributed by atoms with van der Waals surface area (Å²) in [5, 5.41) is 10.5. The monoisotopic (exact) mass is 306 g/mol. The maximum atomic E-state index is 10.5. The molecule has 0 aliphatic heterocycles. The van der Waals surface area contributed by atoms with E-state index in [9.17, 15) is 5.11 Å². The topological polar surface area (TPSA) is 29.5 Å². The highest BCUT2D eigenvalue weighted by molar-refractivity contribution is 9.10. The minimum Gasteiger partial charge on any atom is -0.496 e. The molecule has 0 aliphatic carbocycles. The van der Waals surface area contributed by atoms with Gasteiger partial charge < -0.3 is 9.84 Å². The highest BCUT2D eigenvalue weighted by Gasteiger charge is 2.15. The maximum absolute atomic E-state index is 10.5. The first-order valence-corrected chi connectivity index (χ1v) is 6.49. The first kappa shape index (κ1) is 13.1. The van der Waals surface area contributed by atoms with Crippen LogP contribution < -0.4 is 4.74 Å². The maximum Gasteiger partial charge on any atom is 0.125 e. The van der Waals surface area contributed by atoms with Crippen molar-refractivity contribution in [3.63, 3.8) is 0 Å². The van der Waals surface area contributed by atoms with E-state index >= 15 is 0 Å². The average molecular weight is 307 g/mol. The molecular formula is C15H15BrO2. The molecule has 0 unspecified atom stereocenters. The van der Waals surface area contributed by atoms with Crippen molar-refractivity contribution in [1.82, 2.24) is 0 Å². The van der Waals surface area contributed by atoms with Crippen molar-refractivity contribution >= 4 is 15.9 Å². The molecule has 1 atom stereocenters. The molecule has 3 heteroatoms. The molecule has 2 aromatic carbocycles. The van der Waals surface area contributed by atoms with Gasteiger partial charge in [0.05, 0.1) is 7.11 Å². The molecule has 0 saturated heterocycles. The van der Waals surface area contributed by atoms with E-state index in [1.807, 2.05) is 49.4 Å². The number of aryl methyl sites for hydroxylation is 1. The Morgan fingerprint density at radius 3 is 2.61 bits per heavy atom. The number of hydrogen-bond acceptors (Lipinski definition) is 2. The molecule has 2 aromatic rings. The molecule has 0 radical (unpaired) electrons. The second-order valence-electron chi connectivity index (χ2n) is 4.20. The fourth-order valence-electron chi connectivity index (χ4n) is 1.92. The number of halogens is 1.